The van der Waals surface area contributed by atoms with Crippen LogP contribution < -0.4 is 5.32 Å². The van der Waals surface area contributed by atoms with Gasteiger partial charge in [-0.3, -0.25) is 4.79 Å². The van der Waals surface area contributed by atoms with E-state index in [1.807, 2.05) is 6.07 Å². The maximum atomic E-state index is 11.8. The van der Waals surface area contributed by atoms with E-state index in [0.717, 1.165) is 23.6 Å². The van der Waals surface area contributed by atoms with Crippen molar-refractivity contribution in [2.45, 2.75) is 32.6 Å². The second-order valence-electron chi connectivity index (χ2n) is 4.74. The first kappa shape index (κ1) is 12.6. The molecule has 3 nitrogen and oxygen atoms in total. The Hall–Kier alpha value is -0.870. The summed E-state index contributed by atoms with van der Waals surface area (Å²) < 4.78 is 0. The fourth-order valence-corrected chi connectivity index (χ4v) is 3.31. The Morgan fingerprint density at radius 2 is 2.47 bits per heavy atom. The predicted octanol–water partition coefficient (Wildman–Crippen LogP) is 1.99. The van der Waals surface area contributed by atoms with Crippen LogP contribution >= 0.6 is 11.3 Å². The van der Waals surface area contributed by atoms with Crippen molar-refractivity contribution in [3.05, 3.63) is 21.4 Å². The van der Waals surface area contributed by atoms with Gasteiger partial charge >= 0.3 is 0 Å². The van der Waals surface area contributed by atoms with Crippen molar-refractivity contribution >= 4 is 17.2 Å². The first-order valence-corrected chi connectivity index (χ1v) is 7.03. The number of nitrogens with one attached hydrogen (secondary N) is 1. The average molecular weight is 253 g/mol. The van der Waals surface area contributed by atoms with Gasteiger partial charge in [0.1, 0.15) is 0 Å². The molecule has 0 spiro atoms. The van der Waals surface area contributed by atoms with E-state index in [-0.39, 0.29) is 12.5 Å². The Morgan fingerprint density at radius 1 is 1.65 bits per heavy atom. The van der Waals surface area contributed by atoms with Crippen LogP contribution in [0.1, 0.15) is 39.9 Å². The van der Waals surface area contributed by atoms with Crippen LogP contribution in [0.4, 0.5) is 0 Å². The Labute approximate surface area is 106 Å². The smallest absolute Gasteiger partial charge is 0.261 e. The van der Waals surface area contributed by atoms with Crippen LogP contribution in [0.2, 0.25) is 0 Å². The molecule has 1 amide bonds. The highest BCUT2D eigenvalue weighted by Gasteiger charge is 2.20. The summed E-state index contributed by atoms with van der Waals surface area (Å²) in [5.74, 6) is 0.743. The van der Waals surface area contributed by atoms with Gasteiger partial charge in [0.2, 0.25) is 0 Å². The van der Waals surface area contributed by atoms with Crippen molar-refractivity contribution in [3.8, 4) is 0 Å². The molecule has 1 aliphatic rings. The summed E-state index contributed by atoms with van der Waals surface area (Å²) in [6.45, 7) is 2.94. The highest BCUT2D eigenvalue weighted by atomic mass is 32.1. The summed E-state index contributed by atoms with van der Waals surface area (Å²) in [6.07, 6.45) is 4.08. The van der Waals surface area contributed by atoms with Crippen LogP contribution in [-0.4, -0.2) is 24.2 Å². The molecular weight excluding hydrogens is 234 g/mol. The van der Waals surface area contributed by atoms with Gasteiger partial charge in [0.25, 0.3) is 5.91 Å². The van der Waals surface area contributed by atoms with Crippen molar-refractivity contribution < 1.29 is 9.90 Å². The number of thiophene rings is 1. The monoisotopic (exact) mass is 253 g/mol. The molecule has 1 heterocycles. The fraction of sp³-hybridized carbons (Fsp3) is 0.615. The predicted molar refractivity (Wildman–Crippen MR) is 69.5 cm³/mol. The van der Waals surface area contributed by atoms with Crippen molar-refractivity contribution in [2.24, 2.45) is 5.92 Å². The third-order valence-electron chi connectivity index (χ3n) is 3.17. The standard InChI is InChI=1S/C13H19NO2S/c1-9-3-4-11-10(7-9)8-12(17-11)13(16)14-5-2-6-15/h8-9,15H,2-7H2,1H3,(H,14,16)/t9-/m0/s1. The normalized spacial score (nSPS) is 18.8. The van der Waals surface area contributed by atoms with Gasteiger partial charge in [-0.05, 0) is 43.2 Å². The molecule has 2 rings (SSSR count). The van der Waals surface area contributed by atoms with Crippen LogP contribution in [-0.2, 0) is 12.8 Å². The minimum absolute atomic E-state index is 0.00510. The maximum absolute atomic E-state index is 11.8. The lowest BCUT2D eigenvalue weighted by atomic mass is 9.90. The molecule has 1 aromatic rings. The third kappa shape index (κ3) is 3.07. The number of rotatable bonds is 4. The molecule has 1 aliphatic carbocycles. The van der Waals surface area contributed by atoms with Crippen molar-refractivity contribution in [3.63, 3.8) is 0 Å². The molecule has 0 fully saturated rings. The number of aliphatic hydroxyl groups is 1. The Balaban J connectivity index is 2.00. The summed E-state index contributed by atoms with van der Waals surface area (Å²) in [5, 5.41) is 11.5. The topological polar surface area (TPSA) is 49.3 Å². The molecule has 2 N–H and O–H groups in total. The molecule has 4 heteroatoms. The molecule has 1 atom stereocenters. The van der Waals surface area contributed by atoms with Gasteiger partial charge in [0, 0.05) is 18.0 Å². The van der Waals surface area contributed by atoms with Gasteiger partial charge in [0.05, 0.1) is 4.88 Å². The van der Waals surface area contributed by atoms with Crippen molar-refractivity contribution in [2.75, 3.05) is 13.2 Å². The van der Waals surface area contributed by atoms with Crippen molar-refractivity contribution in [1.29, 1.82) is 0 Å². The second-order valence-corrected chi connectivity index (χ2v) is 5.88. The van der Waals surface area contributed by atoms with Gasteiger partial charge in [-0.1, -0.05) is 6.92 Å². The zero-order valence-electron chi connectivity index (χ0n) is 10.2. The van der Waals surface area contributed by atoms with E-state index in [1.54, 1.807) is 11.3 Å². The van der Waals surface area contributed by atoms with E-state index in [1.165, 1.54) is 16.9 Å². The third-order valence-corrected chi connectivity index (χ3v) is 4.41. The molecule has 1 aromatic heterocycles. The van der Waals surface area contributed by atoms with Crippen LogP contribution in [0.3, 0.4) is 0 Å². The number of carbonyl (C=O) groups is 1. The van der Waals surface area contributed by atoms with E-state index in [2.05, 4.69) is 12.2 Å². The quantitative estimate of drug-likeness (QED) is 0.806. The lowest BCUT2D eigenvalue weighted by Crippen LogP contribution is -2.24. The average Bonchev–Trinajstić information content (AvgIpc) is 2.72. The number of hydrogen-bond donors (Lipinski definition) is 2. The Kier molecular flexibility index (Phi) is 4.18. The van der Waals surface area contributed by atoms with Crippen LogP contribution in [0.15, 0.2) is 6.07 Å². The van der Waals surface area contributed by atoms with E-state index >= 15 is 0 Å². The second kappa shape index (κ2) is 5.65. The number of amides is 1. The van der Waals surface area contributed by atoms with Crippen LogP contribution in [0.25, 0.3) is 0 Å². The molecule has 94 valence electrons. The maximum Gasteiger partial charge on any atom is 0.261 e. The number of hydrogen-bond acceptors (Lipinski definition) is 3. The van der Waals surface area contributed by atoms with E-state index in [9.17, 15) is 4.79 Å². The zero-order valence-corrected chi connectivity index (χ0v) is 11.0. The number of aliphatic hydroxyl groups excluding tert-OH is 1. The lowest BCUT2D eigenvalue weighted by molar-refractivity contribution is 0.0955. The van der Waals surface area contributed by atoms with Gasteiger partial charge in [-0.15, -0.1) is 11.3 Å². The zero-order chi connectivity index (χ0) is 12.3. The highest BCUT2D eigenvalue weighted by molar-refractivity contribution is 7.14. The van der Waals surface area contributed by atoms with Crippen LogP contribution in [0, 0.1) is 5.92 Å². The van der Waals surface area contributed by atoms with Gasteiger partial charge in [-0.25, -0.2) is 0 Å². The van der Waals surface area contributed by atoms with Gasteiger partial charge < -0.3 is 10.4 Å². The fourth-order valence-electron chi connectivity index (χ4n) is 2.19. The molecule has 0 saturated heterocycles. The summed E-state index contributed by atoms with van der Waals surface area (Å²) in [7, 11) is 0. The molecule has 0 bridgehead atoms. The molecule has 0 aliphatic heterocycles. The van der Waals surface area contributed by atoms with Crippen LogP contribution in [0.5, 0.6) is 0 Å². The number of carbonyl (C=O) groups excluding carboxylic acids is 1. The minimum atomic E-state index is 0.00510. The molecule has 0 unspecified atom stereocenters. The molecule has 17 heavy (non-hydrogen) atoms. The summed E-state index contributed by atoms with van der Waals surface area (Å²) in [5.41, 5.74) is 1.36. The first-order chi connectivity index (χ1) is 8.20. The van der Waals surface area contributed by atoms with Gasteiger partial charge in [0.15, 0.2) is 0 Å². The Morgan fingerprint density at radius 3 is 3.24 bits per heavy atom. The van der Waals surface area contributed by atoms with Crippen molar-refractivity contribution in [1.82, 2.24) is 5.32 Å². The molecular formula is C13H19NO2S. The summed E-state index contributed by atoms with van der Waals surface area (Å²) in [4.78, 5) is 14.0. The molecule has 0 saturated carbocycles. The summed E-state index contributed by atoms with van der Waals surface area (Å²) >= 11 is 1.63. The largest absolute Gasteiger partial charge is 0.396 e. The van der Waals surface area contributed by atoms with E-state index in [4.69, 9.17) is 5.11 Å². The highest BCUT2D eigenvalue weighted by Crippen LogP contribution is 2.32. The number of aryl methyl sites for hydroxylation is 1. The SMILES string of the molecule is C[C@H]1CCc2sc(C(=O)NCCCO)cc2C1. The molecule has 0 radical (unpaired) electrons. The van der Waals surface area contributed by atoms with E-state index < -0.39 is 0 Å². The lowest BCUT2D eigenvalue weighted by Gasteiger charge is -2.16. The van der Waals surface area contributed by atoms with E-state index in [0.29, 0.717) is 13.0 Å². The first-order valence-electron chi connectivity index (χ1n) is 6.21. The Bertz CT molecular complexity index is 400. The van der Waals surface area contributed by atoms with Gasteiger partial charge in [-0.2, -0.15) is 0 Å². The summed E-state index contributed by atoms with van der Waals surface area (Å²) in [6, 6.07) is 2.05. The number of fused-ring (bicyclic) bond motifs is 1. The minimum Gasteiger partial charge on any atom is -0.396 e. The molecule has 0 aromatic carbocycles.